The number of hydrogen-bond acceptors (Lipinski definition) is 2. The molecule has 0 heterocycles. The zero-order chi connectivity index (χ0) is 21.8. The monoisotopic (exact) mass is 410 g/mol. The van der Waals surface area contributed by atoms with Crippen LogP contribution in [0, 0.1) is 0 Å². The minimum absolute atomic E-state index is 0.107. The Morgan fingerprint density at radius 1 is 0.667 bits per heavy atom. The molecule has 0 saturated heterocycles. The van der Waals surface area contributed by atoms with Crippen molar-refractivity contribution in [1.82, 2.24) is 0 Å². The van der Waals surface area contributed by atoms with Gasteiger partial charge in [0.1, 0.15) is 0 Å². The van der Waals surface area contributed by atoms with Crippen LogP contribution in [0.4, 0.5) is 0 Å². The fourth-order valence-corrected chi connectivity index (χ4v) is 4.77. The molecule has 2 heteroatoms. The summed E-state index contributed by atoms with van der Waals surface area (Å²) >= 11 is 0. The van der Waals surface area contributed by atoms with E-state index in [1.165, 1.54) is 55.2 Å². The van der Waals surface area contributed by atoms with Gasteiger partial charge in [0, 0.05) is 0 Å². The average molecular weight is 411 g/mol. The molecule has 1 unspecified atom stereocenters. The molecule has 30 heavy (non-hydrogen) atoms. The van der Waals surface area contributed by atoms with Crippen molar-refractivity contribution in [1.29, 1.82) is 0 Å². The molecule has 2 nitrogen and oxygen atoms in total. The summed E-state index contributed by atoms with van der Waals surface area (Å²) < 4.78 is 0. The van der Waals surface area contributed by atoms with Gasteiger partial charge in [-0.1, -0.05) is 82.5 Å². The van der Waals surface area contributed by atoms with Crippen LogP contribution in [0.15, 0.2) is 42.5 Å². The lowest BCUT2D eigenvalue weighted by molar-refractivity contribution is 0.280. The molecular formula is C28H42O2. The molecule has 2 rings (SSSR count). The van der Waals surface area contributed by atoms with Crippen LogP contribution in [0.1, 0.15) is 112 Å². The number of hydrogen-bond donors (Lipinski definition) is 2. The van der Waals surface area contributed by atoms with Crippen LogP contribution >= 0.6 is 0 Å². The van der Waals surface area contributed by atoms with Gasteiger partial charge >= 0.3 is 0 Å². The summed E-state index contributed by atoms with van der Waals surface area (Å²) in [7, 11) is 0. The lowest BCUT2D eigenvalue weighted by atomic mass is 9.86. The third-order valence-electron chi connectivity index (χ3n) is 6.39. The first kappa shape index (κ1) is 24.6. The first-order valence-corrected chi connectivity index (χ1v) is 12.1. The predicted octanol–water partition coefficient (Wildman–Crippen LogP) is 7.26. The Bertz CT molecular complexity index is 731. The lowest BCUT2D eigenvalue weighted by Gasteiger charge is -2.20. The first-order valence-electron chi connectivity index (χ1n) is 12.1. The summed E-state index contributed by atoms with van der Waals surface area (Å²) in [4.78, 5) is 0. The predicted molar refractivity (Wildman–Crippen MR) is 128 cm³/mol. The van der Waals surface area contributed by atoms with Gasteiger partial charge in [0.25, 0.3) is 0 Å². The Labute approximate surface area is 184 Å². The minimum Gasteiger partial charge on any atom is -0.392 e. The van der Waals surface area contributed by atoms with Crippen molar-refractivity contribution in [3.8, 4) is 0 Å². The SMILES string of the molecule is CCCC(CCC)c1ccc(CO)c(CCCC(CCC)c2cccc(CO)c2)c1. The van der Waals surface area contributed by atoms with E-state index in [9.17, 15) is 10.2 Å². The van der Waals surface area contributed by atoms with Gasteiger partial charge in [0.15, 0.2) is 0 Å². The maximum absolute atomic E-state index is 9.86. The van der Waals surface area contributed by atoms with Crippen molar-refractivity contribution in [2.24, 2.45) is 0 Å². The largest absolute Gasteiger partial charge is 0.392 e. The molecule has 0 radical (unpaired) electrons. The van der Waals surface area contributed by atoms with Crippen molar-refractivity contribution >= 4 is 0 Å². The smallest absolute Gasteiger partial charge is 0.0684 e. The van der Waals surface area contributed by atoms with Gasteiger partial charge in [0.2, 0.25) is 0 Å². The van der Waals surface area contributed by atoms with E-state index in [0.29, 0.717) is 11.8 Å². The van der Waals surface area contributed by atoms with Crippen molar-refractivity contribution < 1.29 is 10.2 Å². The summed E-state index contributed by atoms with van der Waals surface area (Å²) in [6.07, 6.45) is 10.5. The molecule has 2 aromatic carbocycles. The molecule has 166 valence electrons. The van der Waals surface area contributed by atoms with Crippen molar-refractivity contribution in [3.05, 3.63) is 70.3 Å². The topological polar surface area (TPSA) is 40.5 Å². The Balaban J connectivity index is 2.10. The summed E-state index contributed by atoms with van der Waals surface area (Å²) in [5, 5.41) is 19.3. The first-order chi connectivity index (χ1) is 14.7. The normalized spacial score (nSPS) is 12.5. The average Bonchev–Trinajstić information content (AvgIpc) is 2.78. The number of benzene rings is 2. The van der Waals surface area contributed by atoms with E-state index in [0.717, 1.165) is 30.4 Å². The van der Waals surface area contributed by atoms with Crippen molar-refractivity contribution in [2.45, 2.75) is 104 Å². The van der Waals surface area contributed by atoms with Gasteiger partial charge in [-0.15, -0.1) is 0 Å². The molecule has 0 aliphatic heterocycles. The highest BCUT2D eigenvalue weighted by atomic mass is 16.3. The molecule has 0 fully saturated rings. The molecular weight excluding hydrogens is 368 g/mol. The van der Waals surface area contributed by atoms with Gasteiger partial charge in [-0.3, -0.25) is 0 Å². The fraction of sp³-hybridized carbons (Fsp3) is 0.571. The van der Waals surface area contributed by atoms with Crippen LogP contribution in [0.5, 0.6) is 0 Å². The van der Waals surface area contributed by atoms with Crippen LogP contribution < -0.4 is 0 Å². The molecule has 2 aromatic rings. The molecule has 0 aliphatic carbocycles. The molecule has 0 aliphatic rings. The third-order valence-corrected chi connectivity index (χ3v) is 6.39. The molecule has 0 amide bonds. The van der Waals surface area contributed by atoms with Gasteiger partial charge in [0.05, 0.1) is 13.2 Å². The highest BCUT2D eigenvalue weighted by Crippen LogP contribution is 2.31. The van der Waals surface area contributed by atoms with Gasteiger partial charge in [-0.05, 0) is 78.2 Å². The molecule has 0 bridgehead atoms. The van der Waals surface area contributed by atoms with E-state index in [4.69, 9.17) is 0 Å². The van der Waals surface area contributed by atoms with Crippen LogP contribution in [-0.2, 0) is 19.6 Å². The fourth-order valence-electron chi connectivity index (χ4n) is 4.77. The Kier molecular flexibility index (Phi) is 11.2. The summed E-state index contributed by atoms with van der Waals surface area (Å²) in [6, 6.07) is 15.2. The highest BCUT2D eigenvalue weighted by molar-refractivity contribution is 5.34. The number of rotatable bonds is 14. The van der Waals surface area contributed by atoms with Gasteiger partial charge in [-0.25, -0.2) is 0 Å². The maximum atomic E-state index is 9.86. The van der Waals surface area contributed by atoms with Gasteiger partial charge in [-0.2, -0.15) is 0 Å². The number of aliphatic hydroxyl groups is 2. The van der Waals surface area contributed by atoms with E-state index in [2.05, 4.69) is 57.2 Å². The van der Waals surface area contributed by atoms with Crippen LogP contribution in [0.3, 0.4) is 0 Å². The minimum atomic E-state index is 0.107. The second kappa shape index (κ2) is 13.6. The van der Waals surface area contributed by atoms with Crippen LogP contribution in [0.2, 0.25) is 0 Å². The Morgan fingerprint density at radius 3 is 1.90 bits per heavy atom. The van der Waals surface area contributed by atoms with E-state index in [-0.39, 0.29) is 13.2 Å². The van der Waals surface area contributed by atoms with Crippen LogP contribution in [0.25, 0.3) is 0 Å². The van der Waals surface area contributed by atoms with Crippen molar-refractivity contribution in [2.75, 3.05) is 0 Å². The van der Waals surface area contributed by atoms with Crippen molar-refractivity contribution in [3.63, 3.8) is 0 Å². The van der Waals surface area contributed by atoms with Crippen LogP contribution in [-0.4, -0.2) is 10.2 Å². The Morgan fingerprint density at radius 2 is 1.30 bits per heavy atom. The molecule has 0 aromatic heterocycles. The van der Waals surface area contributed by atoms with E-state index in [1.807, 2.05) is 6.07 Å². The zero-order valence-corrected chi connectivity index (χ0v) is 19.4. The van der Waals surface area contributed by atoms with E-state index in [1.54, 1.807) is 0 Å². The second-order valence-electron chi connectivity index (χ2n) is 8.74. The number of aliphatic hydroxyl groups excluding tert-OH is 2. The quantitative estimate of drug-likeness (QED) is 0.344. The van der Waals surface area contributed by atoms with E-state index >= 15 is 0 Å². The van der Waals surface area contributed by atoms with Gasteiger partial charge < -0.3 is 10.2 Å². The highest BCUT2D eigenvalue weighted by Gasteiger charge is 2.14. The molecule has 0 spiro atoms. The van der Waals surface area contributed by atoms with E-state index < -0.39 is 0 Å². The molecule has 1 atom stereocenters. The third kappa shape index (κ3) is 7.25. The zero-order valence-electron chi connectivity index (χ0n) is 19.4. The molecule has 2 N–H and O–H groups in total. The summed E-state index contributed by atoms with van der Waals surface area (Å²) in [5.74, 6) is 1.18. The second-order valence-corrected chi connectivity index (χ2v) is 8.74. The maximum Gasteiger partial charge on any atom is 0.0684 e. The number of aryl methyl sites for hydroxylation is 1. The lowest BCUT2D eigenvalue weighted by Crippen LogP contribution is -2.04. The Hall–Kier alpha value is -1.64. The summed E-state index contributed by atoms with van der Waals surface area (Å²) in [6.45, 7) is 7.02. The molecule has 0 saturated carbocycles. The standard InChI is InChI=1S/C28H42O2/c1-4-9-23(10-5-2)27-16-17-28(21-30)26(19-27)15-8-13-24(11-6-3)25-14-7-12-22(18-25)20-29/h7,12,14,16-19,23-24,29-30H,4-6,8-11,13,15,20-21H2,1-3H3. The summed E-state index contributed by atoms with van der Waals surface area (Å²) in [5.41, 5.74) is 6.21.